The molecule has 0 saturated heterocycles. The van der Waals surface area contributed by atoms with E-state index in [4.69, 9.17) is 0 Å². The Balaban J connectivity index is 2.23. The number of nitrogens with zero attached hydrogens (tertiary/aromatic N) is 2. The van der Waals surface area contributed by atoms with Gasteiger partial charge in [-0.3, -0.25) is 0 Å². The van der Waals surface area contributed by atoms with E-state index in [1.165, 1.54) is 0 Å². The maximum Gasteiger partial charge on any atom is 0.0876 e. The highest BCUT2D eigenvalue weighted by Crippen LogP contribution is 2.21. The van der Waals surface area contributed by atoms with Crippen LogP contribution in [0.15, 0.2) is 42.7 Å². The van der Waals surface area contributed by atoms with Crippen molar-refractivity contribution in [1.82, 2.24) is 9.78 Å². The van der Waals surface area contributed by atoms with Gasteiger partial charge in [0.2, 0.25) is 0 Å². The van der Waals surface area contributed by atoms with Crippen LogP contribution in [0.2, 0.25) is 0 Å². The summed E-state index contributed by atoms with van der Waals surface area (Å²) in [5.74, 6) is 0. The van der Waals surface area contributed by atoms with Crippen molar-refractivity contribution in [2.75, 3.05) is 11.9 Å². The summed E-state index contributed by atoms with van der Waals surface area (Å²) < 4.78 is 1.88. The maximum atomic E-state index is 4.27. The summed E-state index contributed by atoms with van der Waals surface area (Å²) in [5, 5.41) is 7.75. The zero-order valence-corrected chi connectivity index (χ0v) is 10.6. The Kier molecular flexibility index (Phi) is 3.18. The highest BCUT2D eigenvalue weighted by molar-refractivity contribution is 5.60. The first-order valence-electron chi connectivity index (χ1n) is 5.89. The van der Waals surface area contributed by atoms with Crippen molar-refractivity contribution in [2.24, 2.45) is 5.41 Å². The molecule has 2 rings (SSSR count). The van der Waals surface area contributed by atoms with Gasteiger partial charge in [-0.1, -0.05) is 32.9 Å². The minimum absolute atomic E-state index is 0.261. The van der Waals surface area contributed by atoms with E-state index in [2.05, 4.69) is 43.3 Å². The quantitative estimate of drug-likeness (QED) is 0.875. The molecule has 0 aliphatic rings. The molecule has 0 amide bonds. The third kappa shape index (κ3) is 3.09. The molecule has 0 aliphatic carbocycles. The van der Waals surface area contributed by atoms with Crippen LogP contribution >= 0.6 is 0 Å². The molecule has 2 aromatic rings. The summed E-state index contributed by atoms with van der Waals surface area (Å²) in [5.41, 5.74) is 2.46. The SMILES string of the molecule is CC(C)(C)CNc1ccccc1-n1cccn1. The summed E-state index contributed by atoms with van der Waals surface area (Å²) in [7, 11) is 0. The fraction of sp³-hybridized carbons (Fsp3) is 0.357. The summed E-state index contributed by atoms with van der Waals surface area (Å²) >= 11 is 0. The Bertz CT molecular complexity index is 466. The van der Waals surface area contributed by atoms with Gasteiger partial charge < -0.3 is 5.32 Å². The third-order valence-electron chi connectivity index (χ3n) is 2.46. The van der Waals surface area contributed by atoms with Crippen LogP contribution in [0.4, 0.5) is 5.69 Å². The molecule has 0 fully saturated rings. The van der Waals surface area contributed by atoms with Crippen LogP contribution in [0.25, 0.3) is 5.69 Å². The van der Waals surface area contributed by atoms with Crippen LogP contribution in [-0.2, 0) is 0 Å². The number of hydrogen-bond acceptors (Lipinski definition) is 2. The van der Waals surface area contributed by atoms with Crippen molar-refractivity contribution in [3.8, 4) is 5.69 Å². The van der Waals surface area contributed by atoms with E-state index in [0.29, 0.717) is 0 Å². The lowest BCUT2D eigenvalue weighted by molar-refractivity contribution is 0.443. The van der Waals surface area contributed by atoms with E-state index in [-0.39, 0.29) is 5.41 Å². The fourth-order valence-electron chi connectivity index (χ4n) is 1.59. The van der Waals surface area contributed by atoms with E-state index in [0.717, 1.165) is 17.9 Å². The van der Waals surface area contributed by atoms with Gasteiger partial charge in [-0.2, -0.15) is 5.10 Å². The van der Waals surface area contributed by atoms with Crippen molar-refractivity contribution in [1.29, 1.82) is 0 Å². The largest absolute Gasteiger partial charge is 0.383 e. The molecule has 1 aromatic carbocycles. The monoisotopic (exact) mass is 229 g/mol. The molecule has 90 valence electrons. The van der Waals surface area contributed by atoms with Gasteiger partial charge in [0.25, 0.3) is 0 Å². The molecule has 1 N–H and O–H groups in total. The summed E-state index contributed by atoms with van der Waals surface area (Å²) in [6.07, 6.45) is 3.75. The lowest BCUT2D eigenvalue weighted by Crippen LogP contribution is -2.19. The average Bonchev–Trinajstić information content (AvgIpc) is 2.79. The first-order valence-corrected chi connectivity index (χ1v) is 5.89. The zero-order chi connectivity index (χ0) is 12.3. The van der Waals surface area contributed by atoms with Crippen molar-refractivity contribution in [3.63, 3.8) is 0 Å². The van der Waals surface area contributed by atoms with Crippen LogP contribution < -0.4 is 5.32 Å². The maximum absolute atomic E-state index is 4.27. The lowest BCUT2D eigenvalue weighted by Gasteiger charge is -2.21. The van der Waals surface area contributed by atoms with Gasteiger partial charge in [0.05, 0.1) is 11.4 Å². The molecule has 0 saturated carbocycles. The highest BCUT2D eigenvalue weighted by atomic mass is 15.3. The Morgan fingerprint density at radius 1 is 1.18 bits per heavy atom. The van der Waals surface area contributed by atoms with Crippen LogP contribution in [0, 0.1) is 5.41 Å². The smallest absolute Gasteiger partial charge is 0.0876 e. The zero-order valence-electron chi connectivity index (χ0n) is 10.6. The van der Waals surface area contributed by atoms with Crippen molar-refractivity contribution >= 4 is 5.69 Å². The topological polar surface area (TPSA) is 29.9 Å². The lowest BCUT2D eigenvalue weighted by atomic mass is 9.97. The second-order valence-corrected chi connectivity index (χ2v) is 5.38. The predicted octanol–water partition coefficient (Wildman–Crippen LogP) is 3.33. The van der Waals surface area contributed by atoms with E-state index in [9.17, 15) is 0 Å². The Morgan fingerprint density at radius 2 is 1.94 bits per heavy atom. The molecule has 17 heavy (non-hydrogen) atoms. The van der Waals surface area contributed by atoms with Gasteiger partial charge in [-0.25, -0.2) is 4.68 Å². The molecule has 0 radical (unpaired) electrons. The van der Waals surface area contributed by atoms with Crippen molar-refractivity contribution in [2.45, 2.75) is 20.8 Å². The summed E-state index contributed by atoms with van der Waals surface area (Å²) in [6.45, 7) is 7.59. The van der Waals surface area contributed by atoms with Crippen molar-refractivity contribution in [3.05, 3.63) is 42.7 Å². The van der Waals surface area contributed by atoms with E-state index >= 15 is 0 Å². The number of para-hydroxylation sites is 2. The van der Waals surface area contributed by atoms with Gasteiger partial charge >= 0.3 is 0 Å². The normalized spacial score (nSPS) is 11.5. The first-order chi connectivity index (χ1) is 8.06. The van der Waals surface area contributed by atoms with Crippen LogP contribution in [-0.4, -0.2) is 16.3 Å². The van der Waals surface area contributed by atoms with Gasteiger partial charge in [-0.05, 0) is 23.6 Å². The van der Waals surface area contributed by atoms with E-state index in [1.807, 2.05) is 29.1 Å². The molecule has 1 aromatic heterocycles. The van der Waals surface area contributed by atoms with Gasteiger partial charge in [0, 0.05) is 18.9 Å². The number of rotatable bonds is 3. The minimum Gasteiger partial charge on any atom is -0.383 e. The molecule has 0 bridgehead atoms. The number of nitrogens with one attached hydrogen (secondary N) is 1. The second-order valence-electron chi connectivity index (χ2n) is 5.38. The minimum atomic E-state index is 0.261. The van der Waals surface area contributed by atoms with Crippen LogP contribution in [0.3, 0.4) is 0 Å². The Hall–Kier alpha value is -1.77. The molecule has 1 heterocycles. The van der Waals surface area contributed by atoms with Gasteiger partial charge in [0.1, 0.15) is 0 Å². The fourth-order valence-corrected chi connectivity index (χ4v) is 1.59. The number of hydrogen-bond donors (Lipinski definition) is 1. The molecule has 0 spiro atoms. The number of benzene rings is 1. The third-order valence-corrected chi connectivity index (χ3v) is 2.46. The summed E-state index contributed by atoms with van der Waals surface area (Å²) in [4.78, 5) is 0. The first kappa shape index (κ1) is 11.7. The number of aromatic nitrogens is 2. The predicted molar refractivity (Wildman–Crippen MR) is 71.5 cm³/mol. The Morgan fingerprint density at radius 3 is 2.59 bits per heavy atom. The molecule has 3 heteroatoms. The van der Waals surface area contributed by atoms with E-state index in [1.54, 1.807) is 6.20 Å². The highest BCUT2D eigenvalue weighted by Gasteiger charge is 2.11. The van der Waals surface area contributed by atoms with Crippen molar-refractivity contribution < 1.29 is 0 Å². The van der Waals surface area contributed by atoms with Crippen LogP contribution in [0.5, 0.6) is 0 Å². The Labute approximate surface area is 102 Å². The standard InChI is InChI=1S/C14H19N3/c1-14(2,3)11-15-12-7-4-5-8-13(12)17-10-6-9-16-17/h4-10,15H,11H2,1-3H3. The van der Waals surface area contributed by atoms with Gasteiger partial charge in [-0.15, -0.1) is 0 Å². The average molecular weight is 229 g/mol. The summed E-state index contributed by atoms with van der Waals surface area (Å²) in [6, 6.07) is 10.2. The molecule has 0 atom stereocenters. The molecular formula is C14H19N3. The van der Waals surface area contributed by atoms with E-state index < -0.39 is 0 Å². The molecule has 0 aliphatic heterocycles. The second kappa shape index (κ2) is 4.62. The molecule has 0 unspecified atom stereocenters. The number of anilines is 1. The van der Waals surface area contributed by atoms with Gasteiger partial charge in [0.15, 0.2) is 0 Å². The van der Waals surface area contributed by atoms with Crippen LogP contribution in [0.1, 0.15) is 20.8 Å². The molecular weight excluding hydrogens is 210 g/mol. The molecule has 3 nitrogen and oxygen atoms in total.